The highest BCUT2D eigenvalue weighted by Gasteiger charge is 2.30. The van der Waals surface area contributed by atoms with Gasteiger partial charge in [-0.1, -0.05) is 30.3 Å². The molecule has 5 nitrogen and oxygen atoms in total. The lowest BCUT2D eigenvalue weighted by molar-refractivity contribution is -0.137. The third-order valence-corrected chi connectivity index (χ3v) is 5.96. The summed E-state index contributed by atoms with van der Waals surface area (Å²) < 4.78 is 0. The van der Waals surface area contributed by atoms with Crippen LogP contribution in [0.3, 0.4) is 0 Å². The molecule has 1 aromatic carbocycles. The van der Waals surface area contributed by atoms with Crippen molar-refractivity contribution < 1.29 is 14.7 Å². The van der Waals surface area contributed by atoms with Crippen molar-refractivity contribution >= 4 is 23.2 Å². The molecule has 1 aromatic heterocycles. The molecule has 2 heterocycles. The van der Waals surface area contributed by atoms with Gasteiger partial charge in [0.15, 0.2) is 0 Å². The fourth-order valence-electron chi connectivity index (χ4n) is 3.49. The largest absolute Gasteiger partial charge is 0.481 e. The number of nitrogens with zero attached hydrogens (tertiary/aromatic N) is 2. The normalized spacial score (nSPS) is 17.3. The number of rotatable bonds is 6. The van der Waals surface area contributed by atoms with Gasteiger partial charge in [0, 0.05) is 25.4 Å². The van der Waals surface area contributed by atoms with Crippen molar-refractivity contribution in [2.45, 2.75) is 51.5 Å². The van der Waals surface area contributed by atoms with Crippen LogP contribution >= 0.6 is 11.3 Å². The minimum absolute atomic E-state index is 0.00870. The van der Waals surface area contributed by atoms with Gasteiger partial charge < -0.3 is 10.0 Å². The number of aliphatic carboxylic acids is 1. The molecule has 138 valence electrons. The molecular weight excluding hydrogens is 348 g/mol. The first-order valence-electron chi connectivity index (χ1n) is 9.07. The molecule has 1 amide bonds. The molecule has 1 atom stereocenters. The Morgan fingerprint density at radius 2 is 2.04 bits per heavy atom. The predicted octanol–water partition coefficient (Wildman–Crippen LogP) is 3.90. The van der Waals surface area contributed by atoms with E-state index in [4.69, 9.17) is 5.11 Å². The van der Waals surface area contributed by atoms with Crippen molar-refractivity contribution in [1.82, 2.24) is 9.88 Å². The van der Waals surface area contributed by atoms with Crippen molar-refractivity contribution in [1.29, 1.82) is 0 Å². The van der Waals surface area contributed by atoms with E-state index in [1.165, 1.54) is 16.9 Å². The van der Waals surface area contributed by atoms with Gasteiger partial charge in [0.25, 0.3) is 5.91 Å². The average molecular weight is 372 g/mol. The predicted molar refractivity (Wildman–Crippen MR) is 102 cm³/mol. The first-order chi connectivity index (χ1) is 12.5. The highest BCUT2D eigenvalue weighted by molar-refractivity contribution is 7.13. The van der Waals surface area contributed by atoms with Crippen molar-refractivity contribution in [2.24, 2.45) is 0 Å². The van der Waals surface area contributed by atoms with E-state index in [1.54, 1.807) is 0 Å². The highest BCUT2D eigenvalue weighted by Crippen LogP contribution is 2.27. The molecule has 1 N–H and O–H groups in total. The minimum Gasteiger partial charge on any atom is -0.481 e. The van der Waals surface area contributed by atoms with Gasteiger partial charge in [-0.05, 0) is 38.2 Å². The van der Waals surface area contributed by atoms with Gasteiger partial charge in [-0.25, -0.2) is 4.98 Å². The number of carbonyl (C=O) groups is 2. The Morgan fingerprint density at radius 3 is 2.77 bits per heavy atom. The Kier molecular flexibility index (Phi) is 6.04. The van der Waals surface area contributed by atoms with Crippen LogP contribution in [-0.2, 0) is 11.2 Å². The highest BCUT2D eigenvalue weighted by atomic mass is 32.1. The van der Waals surface area contributed by atoms with E-state index in [0.29, 0.717) is 17.8 Å². The van der Waals surface area contributed by atoms with E-state index in [0.717, 1.165) is 36.4 Å². The Morgan fingerprint density at radius 1 is 1.27 bits per heavy atom. The summed E-state index contributed by atoms with van der Waals surface area (Å²) in [6.45, 7) is 2.59. The zero-order valence-electron chi connectivity index (χ0n) is 15.0. The minimum atomic E-state index is -0.804. The average Bonchev–Trinajstić information content (AvgIpc) is 3.00. The number of carboxylic acid groups (broad SMARTS) is 1. The van der Waals surface area contributed by atoms with E-state index >= 15 is 0 Å². The second-order valence-corrected chi connectivity index (χ2v) is 7.85. The van der Waals surface area contributed by atoms with Gasteiger partial charge in [0.1, 0.15) is 4.88 Å². The molecule has 1 aliphatic rings. The van der Waals surface area contributed by atoms with Gasteiger partial charge in [0.05, 0.1) is 10.7 Å². The molecule has 2 aromatic rings. The molecule has 1 fully saturated rings. The molecule has 0 radical (unpaired) electrons. The summed E-state index contributed by atoms with van der Waals surface area (Å²) in [5.74, 6) is -0.795. The van der Waals surface area contributed by atoms with Gasteiger partial charge in [0.2, 0.25) is 0 Å². The number of carbonyl (C=O) groups excluding carboxylic acids is 1. The third-order valence-electron chi connectivity index (χ3n) is 4.81. The maximum atomic E-state index is 13.1. The van der Waals surface area contributed by atoms with Crippen LogP contribution < -0.4 is 0 Å². The van der Waals surface area contributed by atoms with Gasteiger partial charge >= 0.3 is 5.97 Å². The summed E-state index contributed by atoms with van der Waals surface area (Å²) in [4.78, 5) is 31.2. The number of aromatic nitrogens is 1. The number of likely N-dealkylation sites (tertiary alicyclic amines) is 1. The maximum absolute atomic E-state index is 13.1. The molecule has 1 saturated heterocycles. The summed E-state index contributed by atoms with van der Waals surface area (Å²) in [5, 5.41) is 9.90. The molecule has 3 rings (SSSR count). The van der Waals surface area contributed by atoms with E-state index < -0.39 is 5.97 Å². The van der Waals surface area contributed by atoms with E-state index in [2.05, 4.69) is 17.1 Å². The van der Waals surface area contributed by atoms with Gasteiger partial charge in [-0.2, -0.15) is 0 Å². The van der Waals surface area contributed by atoms with Crippen molar-refractivity contribution in [3.05, 3.63) is 51.5 Å². The van der Waals surface area contributed by atoms with Gasteiger partial charge in [-0.15, -0.1) is 11.3 Å². The number of hydrogen-bond acceptors (Lipinski definition) is 4. The summed E-state index contributed by atoms with van der Waals surface area (Å²) in [5.41, 5.74) is 1.95. The molecule has 0 aliphatic carbocycles. The standard InChI is InChI=1S/C20H24N2O3S/c1-14-19(26-17(21-14)13-15-7-3-2-4-8-15)20(25)22-12-6-5-9-16(22)10-11-18(23)24/h2-4,7-8,16H,5-6,9-13H2,1H3,(H,23,24). The Labute approximate surface area is 157 Å². The van der Waals surface area contributed by atoms with Crippen LogP contribution in [0.4, 0.5) is 0 Å². The summed E-state index contributed by atoms with van der Waals surface area (Å²) in [6.07, 6.45) is 4.26. The second kappa shape index (κ2) is 8.45. The van der Waals surface area contributed by atoms with Crippen LogP contribution in [0.15, 0.2) is 30.3 Å². The monoisotopic (exact) mass is 372 g/mol. The number of amides is 1. The molecule has 6 heteroatoms. The fourth-order valence-corrected chi connectivity index (χ4v) is 4.54. The van der Waals surface area contributed by atoms with Crippen molar-refractivity contribution in [3.63, 3.8) is 0 Å². The zero-order valence-corrected chi connectivity index (χ0v) is 15.8. The molecular formula is C20H24N2O3S. The van der Waals surface area contributed by atoms with Crippen LogP contribution in [0.2, 0.25) is 0 Å². The van der Waals surface area contributed by atoms with Crippen LogP contribution in [0.25, 0.3) is 0 Å². The number of benzene rings is 1. The van der Waals surface area contributed by atoms with Crippen molar-refractivity contribution in [2.75, 3.05) is 6.54 Å². The molecule has 26 heavy (non-hydrogen) atoms. The maximum Gasteiger partial charge on any atom is 0.303 e. The molecule has 1 unspecified atom stereocenters. The van der Waals surface area contributed by atoms with Crippen LogP contribution in [-0.4, -0.2) is 39.5 Å². The molecule has 1 aliphatic heterocycles. The Balaban J connectivity index is 1.74. The lowest BCUT2D eigenvalue weighted by Gasteiger charge is -2.35. The summed E-state index contributed by atoms with van der Waals surface area (Å²) in [7, 11) is 0. The van der Waals surface area contributed by atoms with E-state index in [1.807, 2.05) is 30.0 Å². The zero-order chi connectivity index (χ0) is 18.5. The second-order valence-electron chi connectivity index (χ2n) is 6.77. The number of carboxylic acids is 1. The summed E-state index contributed by atoms with van der Waals surface area (Å²) in [6, 6.07) is 10.1. The number of thiazole rings is 1. The quantitative estimate of drug-likeness (QED) is 0.835. The molecule has 0 bridgehead atoms. The van der Waals surface area contributed by atoms with Crippen LogP contribution in [0.1, 0.15) is 58.0 Å². The molecule has 0 spiro atoms. The van der Waals surface area contributed by atoms with Crippen molar-refractivity contribution in [3.8, 4) is 0 Å². The van der Waals surface area contributed by atoms with Crippen LogP contribution in [0.5, 0.6) is 0 Å². The first-order valence-corrected chi connectivity index (χ1v) is 9.89. The summed E-state index contributed by atoms with van der Waals surface area (Å²) >= 11 is 1.46. The SMILES string of the molecule is Cc1nc(Cc2ccccc2)sc1C(=O)N1CCCCC1CCC(=O)O. The third kappa shape index (κ3) is 4.49. The Bertz CT molecular complexity index is 773. The van der Waals surface area contributed by atoms with E-state index in [-0.39, 0.29) is 18.4 Å². The fraction of sp³-hybridized carbons (Fsp3) is 0.450. The smallest absolute Gasteiger partial charge is 0.303 e. The lowest BCUT2D eigenvalue weighted by Crippen LogP contribution is -2.43. The number of aryl methyl sites for hydroxylation is 1. The first kappa shape index (κ1) is 18.6. The molecule has 0 saturated carbocycles. The van der Waals surface area contributed by atoms with E-state index in [9.17, 15) is 9.59 Å². The van der Waals surface area contributed by atoms with Gasteiger partial charge in [-0.3, -0.25) is 9.59 Å². The Hall–Kier alpha value is -2.21. The number of hydrogen-bond donors (Lipinski definition) is 1. The van der Waals surface area contributed by atoms with Crippen LogP contribution in [0, 0.1) is 6.92 Å². The number of piperidine rings is 1. The topological polar surface area (TPSA) is 70.5 Å². The lowest BCUT2D eigenvalue weighted by atomic mass is 9.97.